The van der Waals surface area contributed by atoms with Gasteiger partial charge in [-0.2, -0.15) is 0 Å². The van der Waals surface area contributed by atoms with E-state index in [9.17, 15) is 4.79 Å². The number of aryl methyl sites for hydroxylation is 2. The second-order valence-corrected chi connectivity index (χ2v) is 7.15. The van der Waals surface area contributed by atoms with Gasteiger partial charge in [0.15, 0.2) is 0 Å². The van der Waals surface area contributed by atoms with Crippen molar-refractivity contribution in [3.63, 3.8) is 0 Å². The lowest BCUT2D eigenvalue weighted by molar-refractivity contribution is 0.199. The van der Waals surface area contributed by atoms with E-state index in [1.54, 1.807) is 23.0 Å². The van der Waals surface area contributed by atoms with Crippen LogP contribution >= 0.6 is 11.3 Å². The maximum absolute atomic E-state index is 13.2. The lowest BCUT2D eigenvalue weighted by Gasteiger charge is -2.10. The number of methoxy groups -OCH3 is 1. The third-order valence-corrected chi connectivity index (χ3v) is 5.19. The predicted octanol–water partition coefficient (Wildman–Crippen LogP) is 3.56. The number of hydrogen-bond acceptors (Lipinski definition) is 4. The van der Waals surface area contributed by atoms with Gasteiger partial charge in [0.1, 0.15) is 10.7 Å². The molecule has 4 nitrogen and oxygen atoms in total. The molecule has 0 saturated heterocycles. The van der Waals surface area contributed by atoms with Gasteiger partial charge in [-0.1, -0.05) is 35.7 Å². The first-order valence-electron chi connectivity index (χ1n) is 8.09. The van der Waals surface area contributed by atoms with Gasteiger partial charge in [0, 0.05) is 24.0 Å². The van der Waals surface area contributed by atoms with Crippen LogP contribution in [0.1, 0.15) is 16.3 Å². The number of hydrogen-bond donors (Lipinski definition) is 0. The van der Waals surface area contributed by atoms with Gasteiger partial charge in [-0.25, -0.2) is 4.98 Å². The molecule has 5 heteroatoms. The highest BCUT2D eigenvalue weighted by Crippen LogP contribution is 2.35. The summed E-state index contributed by atoms with van der Waals surface area (Å²) in [7, 11) is 1.63. The minimum atomic E-state index is -0.0750. The zero-order valence-electron chi connectivity index (χ0n) is 14.6. The van der Waals surface area contributed by atoms with Crippen LogP contribution in [0, 0.1) is 26.2 Å². The van der Waals surface area contributed by atoms with E-state index in [0.717, 1.165) is 20.8 Å². The minimum absolute atomic E-state index is 0.0750. The Morgan fingerprint density at radius 1 is 1.28 bits per heavy atom. The Balaban J connectivity index is 2.28. The van der Waals surface area contributed by atoms with Crippen LogP contribution in [0.4, 0.5) is 0 Å². The Labute approximate surface area is 151 Å². The number of benzene rings is 1. The van der Waals surface area contributed by atoms with E-state index in [0.29, 0.717) is 24.2 Å². The average Bonchev–Trinajstić information content (AvgIpc) is 2.93. The molecule has 0 radical (unpaired) electrons. The number of thiophene rings is 1. The van der Waals surface area contributed by atoms with Gasteiger partial charge in [0.25, 0.3) is 5.56 Å². The van der Waals surface area contributed by atoms with Crippen molar-refractivity contribution in [2.75, 3.05) is 13.7 Å². The monoisotopic (exact) mass is 352 g/mol. The Bertz CT molecular complexity index is 1010. The van der Waals surface area contributed by atoms with Crippen molar-refractivity contribution in [1.82, 2.24) is 9.55 Å². The first kappa shape index (κ1) is 17.4. The van der Waals surface area contributed by atoms with Crippen LogP contribution in [0.3, 0.4) is 0 Å². The summed E-state index contributed by atoms with van der Waals surface area (Å²) in [5.41, 5.74) is 3.10. The molecule has 0 bridgehead atoms. The smallest absolute Gasteiger partial charge is 0.263 e. The van der Waals surface area contributed by atoms with Crippen molar-refractivity contribution in [3.05, 3.63) is 50.9 Å². The summed E-state index contributed by atoms with van der Waals surface area (Å²) in [6.07, 6.45) is 6.03. The standard InChI is InChI=1S/C20H20N2O2S/c1-5-11-22-16(10-12-24-4)21-19-18(20(22)23)17(14(3)25-19)15-8-6-13(2)7-9-15/h1,6-9H,10-12H2,2-4H3. The highest BCUT2D eigenvalue weighted by atomic mass is 32.1. The van der Waals surface area contributed by atoms with Crippen molar-refractivity contribution in [2.24, 2.45) is 0 Å². The molecule has 0 saturated carbocycles. The largest absolute Gasteiger partial charge is 0.384 e. The van der Waals surface area contributed by atoms with E-state index in [1.807, 2.05) is 26.0 Å². The molecule has 0 fully saturated rings. The molecule has 0 atom stereocenters. The summed E-state index contributed by atoms with van der Waals surface area (Å²) in [5, 5.41) is 0.655. The summed E-state index contributed by atoms with van der Waals surface area (Å²) in [6.45, 7) is 4.79. The third-order valence-electron chi connectivity index (χ3n) is 4.19. The summed E-state index contributed by atoms with van der Waals surface area (Å²) in [6, 6.07) is 8.21. The van der Waals surface area contributed by atoms with Crippen LogP contribution in [0.5, 0.6) is 0 Å². The highest BCUT2D eigenvalue weighted by molar-refractivity contribution is 7.19. The SMILES string of the molecule is C#CCn1c(CCOC)nc2sc(C)c(-c3ccc(C)cc3)c2c1=O. The van der Waals surface area contributed by atoms with E-state index in [-0.39, 0.29) is 12.1 Å². The normalized spacial score (nSPS) is 11.0. The van der Waals surface area contributed by atoms with Crippen LogP contribution in [0.2, 0.25) is 0 Å². The fourth-order valence-corrected chi connectivity index (χ4v) is 4.00. The second kappa shape index (κ2) is 7.22. The molecule has 1 aromatic carbocycles. The van der Waals surface area contributed by atoms with Gasteiger partial charge >= 0.3 is 0 Å². The maximum Gasteiger partial charge on any atom is 0.263 e. The van der Waals surface area contributed by atoms with Gasteiger partial charge in [-0.05, 0) is 19.4 Å². The first-order chi connectivity index (χ1) is 12.1. The molecule has 2 aromatic heterocycles. The molecule has 2 heterocycles. The molecule has 0 aliphatic heterocycles. The maximum atomic E-state index is 13.2. The molecule has 0 spiro atoms. The Kier molecular flexibility index (Phi) is 5.03. The van der Waals surface area contributed by atoms with E-state index in [2.05, 4.69) is 18.1 Å². The van der Waals surface area contributed by atoms with Crippen LogP contribution in [-0.4, -0.2) is 23.3 Å². The lowest BCUT2D eigenvalue weighted by atomic mass is 10.0. The highest BCUT2D eigenvalue weighted by Gasteiger charge is 2.19. The van der Waals surface area contributed by atoms with E-state index in [1.165, 1.54) is 5.56 Å². The van der Waals surface area contributed by atoms with Gasteiger partial charge < -0.3 is 4.74 Å². The number of ether oxygens (including phenoxy) is 1. The molecule has 128 valence electrons. The summed E-state index contributed by atoms with van der Waals surface area (Å²) in [4.78, 5) is 19.7. The van der Waals surface area contributed by atoms with Gasteiger partial charge in [0.2, 0.25) is 0 Å². The zero-order valence-corrected chi connectivity index (χ0v) is 15.4. The fraction of sp³-hybridized carbons (Fsp3) is 0.300. The van der Waals surface area contributed by atoms with Crippen molar-refractivity contribution in [3.8, 4) is 23.5 Å². The van der Waals surface area contributed by atoms with E-state index >= 15 is 0 Å². The topological polar surface area (TPSA) is 44.1 Å². The fourth-order valence-electron chi connectivity index (χ4n) is 2.94. The number of terminal acetylenes is 1. The Morgan fingerprint density at radius 2 is 2.00 bits per heavy atom. The number of nitrogens with zero attached hydrogens (tertiary/aromatic N) is 2. The van der Waals surface area contributed by atoms with Crippen LogP contribution in [-0.2, 0) is 17.7 Å². The minimum Gasteiger partial charge on any atom is -0.384 e. The van der Waals surface area contributed by atoms with Gasteiger partial charge in [-0.15, -0.1) is 17.8 Å². The number of fused-ring (bicyclic) bond motifs is 1. The quantitative estimate of drug-likeness (QED) is 0.660. The Morgan fingerprint density at radius 3 is 2.64 bits per heavy atom. The van der Waals surface area contributed by atoms with Gasteiger partial charge in [-0.3, -0.25) is 9.36 Å². The summed E-state index contributed by atoms with van der Waals surface area (Å²) < 4.78 is 6.73. The molecular weight excluding hydrogens is 332 g/mol. The predicted molar refractivity (Wildman–Crippen MR) is 103 cm³/mol. The molecule has 0 unspecified atom stereocenters. The number of rotatable bonds is 5. The molecule has 25 heavy (non-hydrogen) atoms. The molecular formula is C20H20N2O2S. The molecule has 0 amide bonds. The van der Waals surface area contributed by atoms with E-state index < -0.39 is 0 Å². The van der Waals surface area contributed by atoms with Crippen LogP contribution in [0.15, 0.2) is 29.1 Å². The summed E-state index contributed by atoms with van der Waals surface area (Å²) >= 11 is 1.55. The summed E-state index contributed by atoms with van der Waals surface area (Å²) in [5.74, 6) is 3.24. The lowest BCUT2D eigenvalue weighted by Crippen LogP contribution is -2.25. The van der Waals surface area contributed by atoms with Crippen molar-refractivity contribution in [1.29, 1.82) is 0 Å². The van der Waals surface area contributed by atoms with Crippen molar-refractivity contribution in [2.45, 2.75) is 26.8 Å². The molecule has 0 aliphatic carbocycles. The zero-order chi connectivity index (χ0) is 18.0. The first-order valence-corrected chi connectivity index (χ1v) is 8.90. The Hall–Kier alpha value is -2.42. The van der Waals surface area contributed by atoms with Crippen molar-refractivity contribution < 1.29 is 4.74 Å². The second-order valence-electron chi connectivity index (χ2n) is 5.95. The molecule has 3 rings (SSSR count). The molecule has 3 aromatic rings. The number of aromatic nitrogens is 2. The van der Waals surface area contributed by atoms with Crippen LogP contribution < -0.4 is 5.56 Å². The van der Waals surface area contributed by atoms with Crippen LogP contribution in [0.25, 0.3) is 21.3 Å². The average molecular weight is 352 g/mol. The van der Waals surface area contributed by atoms with Gasteiger partial charge in [0.05, 0.1) is 18.5 Å². The van der Waals surface area contributed by atoms with E-state index in [4.69, 9.17) is 16.1 Å². The third kappa shape index (κ3) is 3.23. The molecule has 0 N–H and O–H groups in total. The van der Waals surface area contributed by atoms with Crippen molar-refractivity contribution >= 4 is 21.6 Å². The molecule has 0 aliphatic rings.